The summed E-state index contributed by atoms with van der Waals surface area (Å²) in [7, 11) is 1.73. The van der Waals surface area contributed by atoms with Crippen molar-refractivity contribution in [1.29, 1.82) is 0 Å². The van der Waals surface area contributed by atoms with Crippen molar-refractivity contribution >= 4 is 0 Å². The fraction of sp³-hybridized carbons (Fsp3) is 0.700. The van der Waals surface area contributed by atoms with E-state index in [9.17, 15) is 0 Å². The zero-order chi connectivity index (χ0) is 10.4. The first kappa shape index (κ1) is 11.2. The molecule has 1 rings (SSSR count). The van der Waals surface area contributed by atoms with Crippen LogP contribution in [0.5, 0.6) is 0 Å². The molecular weight excluding hydrogens is 178 g/mol. The molecular formula is C10H19N3O. The van der Waals surface area contributed by atoms with Crippen LogP contribution in [0.3, 0.4) is 0 Å². The van der Waals surface area contributed by atoms with Crippen LogP contribution >= 0.6 is 0 Å². The summed E-state index contributed by atoms with van der Waals surface area (Å²) < 4.78 is 5.07. The van der Waals surface area contributed by atoms with Crippen molar-refractivity contribution in [2.75, 3.05) is 20.3 Å². The van der Waals surface area contributed by atoms with Crippen LogP contribution in [0, 0.1) is 5.92 Å². The van der Waals surface area contributed by atoms with E-state index in [4.69, 9.17) is 4.74 Å². The highest BCUT2D eigenvalue weighted by molar-refractivity contribution is 5.02. The first-order valence-corrected chi connectivity index (χ1v) is 4.95. The van der Waals surface area contributed by atoms with Crippen molar-refractivity contribution in [3.63, 3.8) is 0 Å². The molecule has 0 aliphatic heterocycles. The lowest BCUT2D eigenvalue weighted by Crippen LogP contribution is -2.26. The second kappa shape index (κ2) is 5.78. The van der Waals surface area contributed by atoms with Gasteiger partial charge < -0.3 is 10.1 Å². The molecule has 1 heterocycles. The van der Waals surface area contributed by atoms with Crippen molar-refractivity contribution in [3.8, 4) is 0 Å². The summed E-state index contributed by atoms with van der Waals surface area (Å²) in [6.07, 6.45) is 1.77. The number of H-pyrrole nitrogens is 1. The van der Waals surface area contributed by atoms with Gasteiger partial charge in [-0.3, -0.25) is 5.10 Å². The van der Waals surface area contributed by atoms with Crippen LogP contribution in [-0.4, -0.2) is 30.5 Å². The molecule has 0 saturated carbocycles. The van der Waals surface area contributed by atoms with Crippen LogP contribution < -0.4 is 5.32 Å². The molecule has 0 radical (unpaired) electrons. The van der Waals surface area contributed by atoms with Gasteiger partial charge in [0.2, 0.25) is 0 Å². The normalized spacial score (nSPS) is 15.4. The first-order chi connectivity index (χ1) is 6.74. The predicted molar refractivity (Wildman–Crippen MR) is 56.0 cm³/mol. The van der Waals surface area contributed by atoms with E-state index < -0.39 is 0 Å². The third-order valence-corrected chi connectivity index (χ3v) is 2.21. The fourth-order valence-electron chi connectivity index (χ4n) is 1.34. The molecule has 4 nitrogen and oxygen atoms in total. The number of methoxy groups -OCH3 is 1. The van der Waals surface area contributed by atoms with Gasteiger partial charge in [-0.05, 0) is 18.9 Å². The molecule has 1 aromatic heterocycles. The SMILES string of the molecule is COCC(C)CNC(C)c1ccn[nH]1. The van der Waals surface area contributed by atoms with E-state index in [0.717, 1.165) is 18.8 Å². The lowest BCUT2D eigenvalue weighted by Gasteiger charge is -2.15. The number of ether oxygens (including phenoxy) is 1. The highest BCUT2D eigenvalue weighted by Gasteiger charge is 2.07. The quantitative estimate of drug-likeness (QED) is 0.723. The Morgan fingerprint density at radius 3 is 2.93 bits per heavy atom. The van der Waals surface area contributed by atoms with Gasteiger partial charge in [-0.15, -0.1) is 0 Å². The van der Waals surface area contributed by atoms with E-state index >= 15 is 0 Å². The summed E-state index contributed by atoms with van der Waals surface area (Å²) in [4.78, 5) is 0. The summed E-state index contributed by atoms with van der Waals surface area (Å²) in [5.41, 5.74) is 1.12. The van der Waals surface area contributed by atoms with Crippen LogP contribution in [0.25, 0.3) is 0 Å². The molecule has 2 unspecified atom stereocenters. The minimum absolute atomic E-state index is 0.316. The van der Waals surface area contributed by atoms with Crippen LogP contribution in [0.15, 0.2) is 12.3 Å². The third-order valence-electron chi connectivity index (χ3n) is 2.21. The van der Waals surface area contributed by atoms with Crippen LogP contribution in [-0.2, 0) is 4.74 Å². The predicted octanol–water partition coefficient (Wildman–Crippen LogP) is 1.34. The Balaban J connectivity index is 2.24. The van der Waals surface area contributed by atoms with Gasteiger partial charge in [-0.25, -0.2) is 0 Å². The van der Waals surface area contributed by atoms with E-state index in [1.165, 1.54) is 0 Å². The van der Waals surface area contributed by atoms with Crippen molar-refractivity contribution in [2.24, 2.45) is 5.92 Å². The molecule has 2 N–H and O–H groups in total. The highest BCUT2D eigenvalue weighted by Crippen LogP contribution is 2.07. The maximum Gasteiger partial charge on any atom is 0.0518 e. The molecule has 0 fully saturated rings. The minimum Gasteiger partial charge on any atom is -0.384 e. The lowest BCUT2D eigenvalue weighted by atomic mass is 10.1. The summed E-state index contributed by atoms with van der Waals surface area (Å²) in [5.74, 6) is 0.533. The van der Waals surface area contributed by atoms with E-state index in [1.54, 1.807) is 13.3 Å². The van der Waals surface area contributed by atoms with E-state index in [1.807, 2.05) is 6.07 Å². The third kappa shape index (κ3) is 3.47. The highest BCUT2D eigenvalue weighted by atomic mass is 16.5. The smallest absolute Gasteiger partial charge is 0.0518 e. The largest absolute Gasteiger partial charge is 0.384 e. The zero-order valence-electron chi connectivity index (χ0n) is 9.08. The maximum absolute atomic E-state index is 5.07. The number of aromatic nitrogens is 2. The molecule has 4 heteroatoms. The van der Waals surface area contributed by atoms with Gasteiger partial charge >= 0.3 is 0 Å². The number of hydrogen-bond acceptors (Lipinski definition) is 3. The second-order valence-electron chi connectivity index (χ2n) is 3.70. The Bertz CT molecular complexity index is 236. The molecule has 0 saturated heterocycles. The Hall–Kier alpha value is -0.870. The van der Waals surface area contributed by atoms with Crippen molar-refractivity contribution < 1.29 is 4.74 Å². The number of rotatable bonds is 6. The maximum atomic E-state index is 5.07. The van der Waals surface area contributed by atoms with Gasteiger partial charge in [-0.1, -0.05) is 6.92 Å². The van der Waals surface area contributed by atoms with Crippen LogP contribution in [0.1, 0.15) is 25.6 Å². The van der Waals surface area contributed by atoms with Gasteiger partial charge in [0.05, 0.1) is 5.69 Å². The molecule has 0 aromatic carbocycles. The van der Waals surface area contributed by atoms with Gasteiger partial charge in [0.25, 0.3) is 0 Å². The molecule has 0 aliphatic carbocycles. The zero-order valence-corrected chi connectivity index (χ0v) is 9.08. The Labute approximate surface area is 85.0 Å². The molecule has 14 heavy (non-hydrogen) atoms. The number of hydrogen-bond donors (Lipinski definition) is 2. The van der Waals surface area contributed by atoms with Crippen LogP contribution in [0.4, 0.5) is 0 Å². The van der Waals surface area contributed by atoms with Crippen molar-refractivity contribution in [3.05, 3.63) is 18.0 Å². The Morgan fingerprint density at radius 2 is 2.36 bits per heavy atom. The van der Waals surface area contributed by atoms with Crippen molar-refractivity contribution in [1.82, 2.24) is 15.5 Å². The molecule has 0 aliphatic rings. The molecule has 0 amide bonds. The molecule has 1 aromatic rings. The second-order valence-corrected chi connectivity index (χ2v) is 3.70. The summed E-state index contributed by atoms with van der Waals surface area (Å²) in [6.45, 7) is 6.03. The Kier molecular flexibility index (Phi) is 4.62. The molecule has 80 valence electrons. The van der Waals surface area contributed by atoms with Gasteiger partial charge in [0.1, 0.15) is 0 Å². The topological polar surface area (TPSA) is 49.9 Å². The first-order valence-electron chi connectivity index (χ1n) is 4.95. The van der Waals surface area contributed by atoms with E-state index in [0.29, 0.717) is 12.0 Å². The fourth-order valence-corrected chi connectivity index (χ4v) is 1.34. The number of aromatic amines is 1. The summed E-state index contributed by atoms with van der Waals surface area (Å²) in [6, 6.07) is 2.30. The van der Waals surface area contributed by atoms with Crippen LogP contribution in [0.2, 0.25) is 0 Å². The Morgan fingerprint density at radius 1 is 1.57 bits per heavy atom. The monoisotopic (exact) mass is 197 g/mol. The van der Waals surface area contributed by atoms with E-state index in [2.05, 4.69) is 29.4 Å². The van der Waals surface area contributed by atoms with Gasteiger partial charge in [0.15, 0.2) is 0 Å². The lowest BCUT2D eigenvalue weighted by molar-refractivity contribution is 0.157. The average Bonchev–Trinajstić information content (AvgIpc) is 2.67. The minimum atomic E-state index is 0.316. The molecule has 2 atom stereocenters. The number of nitrogens with zero attached hydrogens (tertiary/aromatic N) is 1. The standard InChI is InChI=1S/C10H19N3O/c1-8(7-14-3)6-11-9(2)10-4-5-12-13-10/h4-5,8-9,11H,6-7H2,1-3H3,(H,12,13). The number of nitrogens with one attached hydrogen (secondary N) is 2. The average molecular weight is 197 g/mol. The van der Waals surface area contributed by atoms with Crippen molar-refractivity contribution in [2.45, 2.75) is 19.9 Å². The summed E-state index contributed by atoms with van der Waals surface area (Å²) in [5, 5.41) is 10.3. The van der Waals surface area contributed by atoms with Gasteiger partial charge in [-0.2, -0.15) is 5.10 Å². The molecule has 0 spiro atoms. The van der Waals surface area contributed by atoms with E-state index in [-0.39, 0.29) is 0 Å². The molecule has 0 bridgehead atoms. The summed E-state index contributed by atoms with van der Waals surface area (Å²) >= 11 is 0. The van der Waals surface area contributed by atoms with Gasteiger partial charge in [0, 0.05) is 32.5 Å².